The predicted molar refractivity (Wildman–Crippen MR) is 86.6 cm³/mol. The van der Waals surface area contributed by atoms with Gasteiger partial charge in [-0.05, 0) is 44.3 Å². The Labute approximate surface area is 135 Å². The van der Waals surface area contributed by atoms with Gasteiger partial charge in [0, 0.05) is 30.9 Å². The van der Waals surface area contributed by atoms with E-state index in [9.17, 15) is 4.79 Å². The van der Waals surface area contributed by atoms with Crippen molar-refractivity contribution in [2.45, 2.75) is 6.42 Å². The Morgan fingerprint density at radius 3 is 2.68 bits per heavy atom. The van der Waals surface area contributed by atoms with Gasteiger partial charge in [0.15, 0.2) is 0 Å². The minimum Gasteiger partial charge on any atom is -0.337 e. The molecule has 3 rings (SSSR count). The Morgan fingerprint density at radius 1 is 1.14 bits per heavy atom. The SMILES string of the molecule is CN1CCCN(C(=O)c2cnn(-c3ccc(Cl)cc3)c2)CC1. The van der Waals surface area contributed by atoms with E-state index in [1.807, 2.05) is 29.2 Å². The third-order valence-electron chi connectivity index (χ3n) is 3.93. The molecule has 1 aromatic carbocycles. The van der Waals surface area contributed by atoms with Crippen LogP contribution in [0.5, 0.6) is 0 Å². The van der Waals surface area contributed by atoms with E-state index >= 15 is 0 Å². The van der Waals surface area contributed by atoms with Gasteiger partial charge in [-0.25, -0.2) is 4.68 Å². The molecule has 1 saturated heterocycles. The molecule has 0 radical (unpaired) electrons. The molecule has 0 unspecified atom stereocenters. The lowest BCUT2D eigenvalue weighted by molar-refractivity contribution is 0.0763. The summed E-state index contributed by atoms with van der Waals surface area (Å²) in [6.45, 7) is 3.52. The number of amides is 1. The maximum absolute atomic E-state index is 12.6. The summed E-state index contributed by atoms with van der Waals surface area (Å²) in [5.41, 5.74) is 1.51. The first-order chi connectivity index (χ1) is 10.6. The van der Waals surface area contributed by atoms with E-state index in [1.54, 1.807) is 17.1 Å². The van der Waals surface area contributed by atoms with E-state index in [4.69, 9.17) is 11.6 Å². The molecule has 5 nitrogen and oxygen atoms in total. The molecular formula is C16H19ClN4O. The predicted octanol–water partition coefficient (Wildman–Crippen LogP) is 2.30. The fourth-order valence-corrected chi connectivity index (χ4v) is 2.73. The first-order valence-corrected chi connectivity index (χ1v) is 7.80. The Bertz CT molecular complexity index is 652. The number of hydrogen-bond acceptors (Lipinski definition) is 3. The minimum absolute atomic E-state index is 0.0514. The van der Waals surface area contributed by atoms with Crippen LogP contribution in [-0.4, -0.2) is 58.7 Å². The summed E-state index contributed by atoms with van der Waals surface area (Å²) < 4.78 is 1.70. The van der Waals surface area contributed by atoms with Crippen LogP contribution in [0.1, 0.15) is 16.8 Å². The van der Waals surface area contributed by atoms with Gasteiger partial charge in [0.2, 0.25) is 0 Å². The van der Waals surface area contributed by atoms with Crippen LogP contribution < -0.4 is 0 Å². The van der Waals surface area contributed by atoms with Crippen LogP contribution in [-0.2, 0) is 0 Å². The van der Waals surface area contributed by atoms with Gasteiger partial charge in [-0.1, -0.05) is 11.6 Å². The normalized spacial score (nSPS) is 16.5. The highest BCUT2D eigenvalue weighted by Crippen LogP contribution is 2.14. The molecule has 1 aliphatic rings. The molecule has 0 N–H and O–H groups in total. The number of aromatic nitrogens is 2. The van der Waals surface area contributed by atoms with Crippen molar-refractivity contribution in [1.82, 2.24) is 19.6 Å². The molecule has 1 amide bonds. The van der Waals surface area contributed by atoms with Gasteiger partial charge >= 0.3 is 0 Å². The Kier molecular flexibility index (Phi) is 4.45. The quantitative estimate of drug-likeness (QED) is 0.853. The summed E-state index contributed by atoms with van der Waals surface area (Å²) in [7, 11) is 2.09. The highest BCUT2D eigenvalue weighted by atomic mass is 35.5. The van der Waals surface area contributed by atoms with Gasteiger partial charge in [0.05, 0.1) is 17.4 Å². The number of benzene rings is 1. The van der Waals surface area contributed by atoms with Crippen molar-refractivity contribution in [3.63, 3.8) is 0 Å². The Morgan fingerprint density at radius 2 is 1.91 bits per heavy atom. The molecule has 116 valence electrons. The topological polar surface area (TPSA) is 41.4 Å². The van der Waals surface area contributed by atoms with E-state index in [0.717, 1.165) is 38.3 Å². The van der Waals surface area contributed by atoms with Gasteiger partial charge in [-0.3, -0.25) is 4.79 Å². The molecule has 0 saturated carbocycles. The maximum atomic E-state index is 12.6. The third-order valence-corrected chi connectivity index (χ3v) is 4.18. The fraction of sp³-hybridized carbons (Fsp3) is 0.375. The number of carbonyl (C=O) groups excluding carboxylic acids is 1. The van der Waals surface area contributed by atoms with E-state index in [1.165, 1.54) is 0 Å². The number of nitrogens with zero attached hydrogens (tertiary/aromatic N) is 4. The third kappa shape index (κ3) is 3.31. The van der Waals surface area contributed by atoms with Gasteiger partial charge in [-0.2, -0.15) is 5.10 Å². The molecule has 0 aliphatic carbocycles. The summed E-state index contributed by atoms with van der Waals surface area (Å²) >= 11 is 5.89. The summed E-state index contributed by atoms with van der Waals surface area (Å²) in [4.78, 5) is 16.8. The fourth-order valence-electron chi connectivity index (χ4n) is 2.60. The van der Waals surface area contributed by atoms with Crippen molar-refractivity contribution in [2.24, 2.45) is 0 Å². The van der Waals surface area contributed by atoms with Crippen LogP contribution >= 0.6 is 11.6 Å². The molecule has 2 heterocycles. The van der Waals surface area contributed by atoms with Crippen molar-refractivity contribution in [1.29, 1.82) is 0 Å². The van der Waals surface area contributed by atoms with Crippen LogP contribution in [0.25, 0.3) is 5.69 Å². The average Bonchev–Trinajstić information content (AvgIpc) is 2.90. The molecule has 22 heavy (non-hydrogen) atoms. The smallest absolute Gasteiger partial charge is 0.257 e. The van der Waals surface area contributed by atoms with Crippen molar-refractivity contribution >= 4 is 17.5 Å². The second-order valence-corrected chi connectivity index (χ2v) is 6.04. The first-order valence-electron chi connectivity index (χ1n) is 7.42. The van der Waals surface area contributed by atoms with Crippen LogP contribution in [0.2, 0.25) is 5.02 Å². The van der Waals surface area contributed by atoms with Gasteiger partial charge in [0.1, 0.15) is 0 Å². The lowest BCUT2D eigenvalue weighted by Gasteiger charge is -2.19. The van der Waals surface area contributed by atoms with Crippen molar-refractivity contribution in [2.75, 3.05) is 33.2 Å². The van der Waals surface area contributed by atoms with Crippen molar-refractivity contribution < 1.29 is 4.79 Å². The zero-order chi connectivity index (χ0) is 15.5. The van der Waals surface area contributed by atoms with Gasteiger partial charge in [0.25, 0.3) is 5.91 Å². The van der Waals surface area contributed by atoms with Crippen LogP contribution in [0.3, 0.4) is 0 Å². The molecule has 0 spiro atoms. The Balaban J connectivity index is 1.75. The number of likely N-dealkylation sites (N-methyl/N-ethyl adjacent to an activating group) is 1. The molecule has 1 fully saturated rings. The lowest BCUT2D eigenvalue weighted by Crippen LogP contribution is -2.34. The highest BCUT2D eigenvalue weighted by Gasteiger charge is 2.20. The standard InChI is InChI=1S/C16H19ClN4O/c1-19-7-2-8-20(10-9-19)16(22)13-11-18-21(12-13)15-5-3-14(17)4-6-15/h3-6,11-12H,2,7-10H2,1H3. The van der Waals surface area contributed by atoms with Crippen LogP contribution in [0, 0.1) is 0 Å². The molecule has 1 aliphatic heterocycles. The zero-order valence-corrected chi connectivity index (χ0v) is 13.3. The number of halogens is 1. The zero-order valence-electron chi connectivity index (χ0n) is 12.6. The molecule has 1 aromatic heterocycles. The van der Waals surface area contributed by atoms with Gasteiger partial charge < -0.3 is 9.80 Å². The number of rotatable bonds is 2. The summed E-state index contributed by atoms with van der Waals surface area (Å²) in [5.74, 6) is 0.0514. The van der Waals surface area contributed by atoms with E-state index < -0.39 is 0 Å². The van der Waals surface area contributed by atoms with E-state index in [2.05, 4.69) is 17.0 Å². The monoisotopic (exact) mass is 318 g/mol. The molecule has 2 aromatic rings. The molecular weight excluding hydrogens is 300 g/mol. The first kappa shape index (κ1) is 15.1. The maximum Gasteiger partial charge on any atom is 0.257 e. The summed E-state index contributed by atoms with van der Waals surface area (Å²) in [6.07, 6.45) is 4.42. The average molecular weight is 319 g/mol. The lowest BCUT2D eigenvalue weighted by atomic mass is 10.3. The van der Waals surface area contributed by atoms with Crippen molar-refractivity contribution in [3.8, 4) is 5.69 Å². The number of carbonyl (C=O) groups is 1. The largest absolute Gasteiger partial charge is 0.337 e. The van der Waals surface area contributed by atoms with E-state index in [0.29, 0.717) is 10.6 Å². The second-order valence-electron chi connectivity index (χ2n) is 5.60. The molecule has 6 heteroatoms. The summed E-state index contributed by atoms with van der Waals surface area (Å²) in [6, 6.07) is 7.38. The number of hydrogen-bond donors (Lipinski definition) is 0. The van der Waals surface area contributed by atoms with Crippen LogP contribution in [0.15, 0.2) is 36.7 Å². The Hall–Kier alpha value is -1.85. The van der Waals surface area contributed by atoms with E-state index in [-0.39, 0.29) is 5.91 Å². The summed E-state index contributed by atoms with van der Waals surface area (Å²) in [5, 5.41) is 4.97. The minimum atomic E-state index is 0.0514. The van der Waals surface area contributed by atoms with Crippen molar-refractivity contribution in [3.05, 3.63) is 47.2 Å². The molecule has 0 atom stereocenters. The van der Waals surface area contributed by atoms with Crippen LogP contribution in [0.4, 0.5) is 0 Å². The second kappa shape index (κ2) is 6.50. The highest BCUT2D eigenvalue weighted by molar-refractivity contribution is 6.30. The van der Waals surface area contributed by atoms with Gasteiger partial charge in [-0.15, -0.1) is 0 Å². The molecule has 0 bridgehead atoms.